The first-order valence-corrected chi connectivity index (χ1v) is 8.86. The fourth-order valence-corrected chi connectivity index (χ4v) is 2.55. The molecule has 0 aliphatic rings. The largest absolute Gasteiger partial charge is 0.385 e. The smallest absolute Gasteiger partial charge is 0.180 e. The van der Waals surface area contributed by atoms with Crippen molar-refractivity contribution in [1.29, 1.82) is 0 Å². The number of hydrogen-bond acceptors (Lipinski definition) is 5. The van der Waals surface area contributed by atoms with Gasteiger partial charge in [-0.05, 0) is 29.0 Å². The van der Waals surface area contributed by atoms with Crippen LogP contribution in [0.3, 0.4) is 0 Å². The highest BCUT2D eigenvalue weighted by atomic mass is 15.1. The maximum Gasteiger partial charge on any atom is 0.180 e. The summed E-state index contributed by atoms with van der Waals surface area (Å²) in [5.41, 5.74) is 4.54. The van der Waals surface area contributed by atoms with E-state index in [1.165, 1.54) is 5.56 Å². The fourth-order valence-electron chi connectivity index (χ4n) is 2.55. The van der Waals surface area contributed by atoms with Gasteiger partial charge in [0.05, 0.1) is 11.2 Å². The molecular formula is C20H26N6. The molecule has 0 amide bonds. The summed E-state index contributed by atoms with van der Waals surface area (Å²) in [7, 11) is 1.87. The molecule has 3 aromatic rings. The van der Waals surface area contributed by atoms with E-state index in [-0.39, 0.29) is 5.41 Å². The number of fused-ring (bicyclic) bond motifs is 1. The Labute approximate surface area is 154 Å². The summed E-state index contributed by atoms with van der Waals surface area (Å²) in [6.07, 6.45) is 5.62. The molecular weight excluding hydrogens is 324 g/mol. The molecule has 3 aromatic heterocycles. The van der Waals surface area contributed by atoms with Gasteiger partial charge in [0.15, 0.2) is 11.5 Å². The zero-order valence-corrected chi connectivity index (χ0v) is 16.3. The fraction of sp³-hybridized carbons (Fsp3) is 0.400. The number of hydrogen-bond donors (Lipinski definition) is 2. The number of pyridine rings is 2. The van der Waals surface area contributed by atoms with Gasteiger partial charge in [-0.3, -0.25) is 4.98 Å². The zero-order valence-electron chi connectivity index (χ0n) is 16.3. The molecule has 2 N–H and O–H groups in total. The monoisotopic (exact) mass is 350 g/mol. The summed E-state index contributed by atoms with van der Waals surface area (Å²) in [5, 5.41) is 3.15. The van der Waals surface area contributed by atoms with Crippen LogP contribution in [0, 0.1) is 5.92 Å². The number of imidazole rings is 1. The molecule has 26 heavy (non-hydrogen) atoms. The molecule has 0 saturated carbocycles. The predicted molar refractivity (Wildman–Crippen MR) is 108 cm³/mol. The summed E-state index contributed by atoms with van der Waals surface area (Å²) < 4.78 is 0. The number of nitrogens with one attached hydrogen (secondary N) is 2. The highest BCUT2D eigenvalue weighted by molar-refractivity contribution is 5.84. The van der Waals surface area contributed by atoms with Gasteiger partial charge < -0.3 is 10.3 Å². The topological polar surface area (TPSA) is 78.9 Å². The summed E-state index contributed by atoms with van der Waals surface area (Å²) in [4.78, 5) is 21.5. The van der Waals surface area contributed by atoms with E-state index in [0.29, 0.717) is 17.4 Å². The average molecular weight is 350 g/mol. The van der Waals surface area contributed by atoms with Crippen molar-refractivity contribution in [3.63, 3.8) is 0 Å². The number of rotatable bonds is 4. The van der Waals surface area contributed by atoms with Crippen LogP contribution in [0.4, 0.5) is 11.5 Å². The molecule has 0 bridgehead atoms. The van der Waals surface area contributed by atoms with E-state index >= 15 is 0 Å². The van der Waals surface area contributed by atoms with Crippen LogP contribution in [0.1, 0.15) is 40.2 Å². The summed E-state index contributed by atoms with van der Waals surface area (Å²) >= 11 is 0. The van der Waals surface area contributed by atoms with E-state index in [2.05, 4.69) is 70.9 Å². The second-order valence-electron chi connectivity index (χ2n) is 7.80. The van der Waals surface area contributed by atoms with Crippen molar-refractivity contribution in [2.24, 2.45) is 10.9 Å². The van der Waals surface area contributed by atoms with Gasteiger partial charge >= 0.3 is 0 Å². The predicted octanol–water partition coefficient (Wildman–Crippen LogP) is 4.72. The van der Waals surface area contributed by atoms with Gasteiger partial charge in [0, 0.05) is 31.2 Å². The van der Waals surface area contributed by atoms with Crippen molar-refractivity contribution in [2.45, 2.75) is 40.0 Å². The van der Waals surface area contributed by atoms with Crippen molar-refractivity contribution in [3.8, 4) is 11.4 Å². The third-order valence-electron chi connectivity index (χ3n) is 4.10. The third kappa shape index (κ3) is 3.74. The molecule has 6 heteroatoms. The first-order valence-electron chi connectivity index (χ1n) is 8.86. The van der Waals surface area contributed by atoms with Crippen LogP contribution in [-0.2, 0) is 5.41 Å². The number of nitrogens with zero attached hydrogens (tertiary/aromatic N) is 4. The number of H-pyrrole nitrogens is 1. The van der Waals surface area contributed by atoms with Crippen molar-refractivity contribution in [1.82, 2.24) is 19.9 Å². The maximum absolute atomic E-state index is 4.66. The number of aromatic nitrogens is 4. The van der Waals surface area contributed by atoms with Crippen molar-refractivity contribution >= 4 is 28.9 Å². The summed E-state index contributed by atoms with van der Waals surface area (Å²) in [6.45, 7) is 10.7. The summed E-state index contributed by atoms with van der Waals surface area (Å²) in [5.74, 6) is 1.77. The van der Waals surface area contributed by atoms with Gasteiger partial charge in [0.25, 0.3) is 0 Å². The quantitative estimate of drug-likeness (QED) is 0.667. The first kappa shape index (κ1) is 18.0. The number of aliphatic imine (C=N–C) groups is 1. The Balaban J connectivity index is 2.07. The molecule has 3 rings (SSSR count). The highest BCUT2D eigenvalue weighted by Crippen LogP contribution is 2.29. The normalized spacial score (nSPS) is 12.4. The molecule has 0 atom stereocenters. The molecule has 136 valence electrons. The Kier molecular flexibility index (Phi) is 4.76. The van der Waals surface area contributed by atoms with Gasteiger partial charge in [0.2, 0.25) is 0 Å². The molecule has 0 radical (unpaired) electrons. The van der Waals surface area contributed by atoms with E-state index < -0.39 is 0 Å². The van der Waals surface area contributed by atoms with E-state index in [4.69, 9.17) is 0 Å². The number of aromatic amines is 1. The molecule has 0 aliphatic carbocycles. The Bertz CT molecular complexity index is 947. The van der Waals surface area contributed by atoms with Crippen molar-refractivity contribution < 1.29 is 0 Å². The lowest BCUT2D eigenvalue weighted by Gasteiger charge is -2.18. The molecule has 0 fully saturated rings. The highest BCUT2D eigenvalue weighted by Gasteiger charge is 2.16. The molecule has 0 unspecified atom stereocenters. The Morgan fingerprint density at radius 2 is 1.92 bits per heavy atom. The van der Waals surface area contributed by atoms with Gasteiger partial charge in [-0.1, -0.05) is 34.6 Å². The van der Waals surface area contributed by atoms with Gasteiger partial charge in [-0.25, -0.2) is 15.0 Å². The van der Waals surface area contributed by atoms with Crippen LogP contribution in [-0.4, -0.2) is 33.2 Å². The standard InChI is InChI=1S/C20H26N6/c1-12(2)9-23-18-15(21-6)8-16-19(26-18)25-17(24-16)13-7-14(11-22-10-13)20(3,4)5/h7-12,21H,1-6H3,(H,24,25,26). The van der Waals surface area contributed by atoms with Gasteiger partial charge in [-0.15, -0.1) is 0 Å². The second kappa shape index (κ2) is 6.86. The molecule has 0 aromatic carbocycles. The molecule has 6 nitrogen and oxygen atoms in total. The molecule has 0 saturated heterocycles. The Morgan fingerprint density at radius 1 is 1.15 bits per heavy atom. The minimum atomic E-state index is 0.0330. The van der Waals surface area contributed by atoms with Crippen molar-refractivity contribution in [2.75, 3.05) is 12.4 Å². The van der Waals surface area contributed by atoms with Crippen LogP contribution in [0.5, 0.6) is 0 Å². The molecule has 0 aliphatic heterocycles. The number of anilines is 1. The van der Waals surface area contributed by atoms with Crippen LogP contribution in [0.15, 0.2) is 29.5 Å². The van der Waals surface area contributed by atoms with Gasteiger partial charge in [0.1, 0.15) is 5.82 Å². The van der Waals surface area contributed by atoms with E-state index in [1.54, 1.807) is 0 Å². The molecule has 3 heterocycles. The zero-order chi connectivity index (χ0) is 18.9. The van der Waals surface area contributed by atoms with E-state index in [9.17, 15) is 0 Å². The summed E-state index contributed by atoms with van der Waals surface area (Å²) in [6, 6.07) is 4.12. The van der Waals surface area contributed by atoms with Crippen LogP contribution in [0.2, 0.25) is 0 Å². The lowest BCUT2D eigenvalue weighted by molar-refractivity contribution is 0.587. The van der Waals surface area contributed by atoms with Gasteiger partial charge in [-0.2, -0.15) is 0 Å². The maximum atomic E-state index is 4.66. The minimum Gasteiger partial charge on any atom is -0.385 e. The first-order chi connectivity index (χ1) is 12.3. The van der Waals surface area contributed by atoms with Crippen LogP contribution >= 0.6 is 0 Å². The second-order valence-corrected chi connectivity index (χ2v) is 7.80. The minimum absolute atomic E-state index is 0.0330. The lowest BCUT2D eigenvalue weighted by atomic mass is 9.87. The molecule has 0 spiro atoms. The Morgan fingerprint density at radius 3 is 2.58 bits per heavy atom. The third-order valence-corrected chi connectivity index (χ3v) is 4.10. The van der Waals surface area contributed by atoms with Crippen LogP contribution in [0.25, 0.3) is 22.6 Å². The average Bonchev–Trinajstić information content (AvgIpc) is 3.01. The Hall–Kier alpha value is -2.76. The SMILES string of the molecule is CNc1cc2[nH]c(-c3cncc(C(C)(C)C)c3)nc2nc1N=CC(C)C. The lowest BCUT2D eigenvalue weighted by Crippen LogP contribution is -2.11. The van der Waals surface area contributed by atoms with E-state index in [1.807, 2.05) is 31.7 Å². The van der Waals surface area contributed by atoms with Crippen molar-refractivity contribution in [3.05, 3.63) is 30.1 Å². The van der Waals surface area contributed by atoms with Crippen LogP contribution < -0.4 is 5.32 Å². The van der Waals surface area contributed by atoms with E-state index in [0.717, 1.165) is 22.6 Å².